The summed E-state index contributed by atoms with van der Waals surface area (Å²) in [5, 5.41) is 8.31. The fraction of sp³-hybridized carbons (Fsp3) is 0.577. The van der Waals surface area contributed by atoms with Crippen LogP contribution in [0.4, 0.5) is 9.59 Å². The SMILES string of the molecule is COC(=O)NCCC(=O)PNCCc1ccc2nc(C3C4CCC(C4)N3C(=O)C(C)CNC(=O)OC)[nH]c2c1. The number of alkyl carbamates (subject to hydrolysis) is 2. The molecule has 1 saturated heterocycles. The summed E-state index contributed by atoms with van der Waals surface area (Å²) < 4.78 is 9.11. The zero-order valence-corrected chi connectivity index (χ0v) is 23.5. The summed E-state index contributed by atoms with van der Waals surface area (Å²) in [6.45, 7) is 2.95. The molecule has 12 nitrogen and oxygen atoms in total. The number of benzene rings is 1. The van der Waals surface area contributed by atoms with Crippen molar-refractivity contribution in [3.8, 4) is 0 Å². The van der Waals surface area contributed by atoms with Gasteiger partial charge in [0.1, 0.15) is 5.82 Å². The Hall–Kier alpha value is -3.24. The maximum absolute atomic E-state index is 13.4. The minimum absolute atomic E-state index is 0.0206. The Kier molecular flexibility index (Phi) is 9.74. The number of imidazole rings is 1. The molecule has 13 heteroatoms. The summed E-state index contributed by atoms with van der Waals surface area (Å²) in [6.07, 6.45) is 2.95. The fourth-order valence-electron chi connectivity index (χ4n) is 5.46. The van der Waals surface area contributed by atoms with Crippen molar-refractivity contribution >= 4 is 43.4 Å². The van der Waals surface area contributed by atoms with Crippen molar-refractivity contribution in [2.75, 3.05) is 33.9 Å². The van der Waals surface area contributed by atoms with Gasteiger partial charge in [-0.3, -0.25) is 14.7 Å². The highest BCUT2D eigenvalue weighted by molar-refractivity contribution is 7.55. The van der Waals surface area contributed by atoms with E-state index in [2.05, 4.69) is 36.2 Å². The first-order chi connectivity index (χ1) is 18.8. The van der Waals surface area contributed by atoms with Gasteiger partial charge in [-0.25, -0.2) is 14.6 Å². The Labute approximate surface area is 229 Å². The van der Waals surface area contributed by atoms with Gasteiger partial charge in [-0.1, -0.05) is 13.0 Å². The van der Waals surface area contributed by atoms with Crippen molar-refractivity contribution in [2.45, 2.75) is 51.1 Å². The number of carbonyl (C=O) groups is 4. The molecule has 1 aromatic carbocycles. The molecule has 3 amide bonds. The molecule has 39 heavy (non-hydrogen) atoms. The summed E-state index contributed by atoms with van der Waals surface area (Å²) in [6, 6.07) is 6.18. The molecule has 5 unspecified atom stereocenters. The van der Waals surface area contributed by atoms with Crippen LogP contribution in [-0.4, -0.2) is 78.4 Å². The van der Waals surface area contributed by atoms with Crippen LogP contribution in [0.25, 0.3) is 11.0 Å². The largest absolute Gasteiger partial charge is 0.453 e. The molecule has 2 aliphatic rings. The molecule has 0 radical (unpaired) electrons. The van der Waals surface area contributed by atoms with E-state index in [0.717, 1.165) is 48.1 Å². The minimum atomic E-state index is -0.544. The molecule has 5 atom stereocenters. The van der Waals surface area contributed by atoms with Gasteiger partial charge in [0.15, 0.2) is 5.52 Å². The third kappa shape index (κ3) is 7.05. The molecule has 2 fully saturated rings. The normalized spacial score (nSPS) is 20.9. The monoisotopic (exact) mass is 560 g/mol. The number of likely N-dealkylation sites (tertiary alicyclic amines) is 1. The van der Waals surface area contributed by atoms with Crippen LogP contribution < -0.4 is 15.7 Å². The highest BCUT2D eigenvalue weighted by Crippen LogP contribution is 2.50. The highest BCUT2D eigenvalue weighted by atomic mass is 31.1. The molecular formula is C26H37N6O6P. The molecule has 4 N–H and O–H groups in total. The molecule has 4 rings (SSSR count). The van der Waals surface area contributed by atoms with E-state index in [-0.39, 0.29) is 57.7 Å². The van der Waals surface area contributed by atoms with E-state index in [0.29, 0.717) is 12.5 Å². The second kappa shape index (κ2) is 13.2. The summed E-state index contributed by atoms with van der Waals surface area (Å²) in [4.78, 5) is 58.2. The van der Waals surface area contributed by atoms with Gasteiger partial charge in [-0.2, -0.15) is 0 Å². The molecule has 2 heterocycles. The summed E-state index contributed by atoms with van der Waals surface area (Å²) in [5.41, 5.74) is 2.93. The number of nitrogens with one attached hydrogen (secondary N) is 4. The number of amides is 3. The number of methoxy groups -OCH3 is 2. The van der Waals surface area contributed by atoms with Crippen molar-refractivity contribution in [1.29, 1.82) is 0 Å². The van der Waals surface area contributed by atoms with Crippen LogP contribution in [0.3, 0.4) is 0 Å². The van der Waals surface area contributed by atoms with E-state index in [1.807, 2.05) is 24.0 Å². The lowest BCUT2D eigenvalue weighted by Gasteiger charge is -2.36. The zero-order chi connectivity index (χ0) is 27.9. The molecule has 0 spiro atoms. The summed E-state index contributed by atoms with van der Waals surface area (Å²) in [7, 11) is 2.56. The van der Waals surface area contributed by atoms with Crippen LogP contribution in [0, 0.1) is 11.8 Å². The van der Waals surface area contributed by atoms with E-state index in [1.165, 1.54) is 14.2 Å². The van der Waals surface area contributed by atoms with Crippen molar-refractivity contribution < 1.29 is 28.7 Å². The summed E-state index contributed by atoms with van der Waals surface area (Å²) >= 11 is 0. The third-order valence-electron chi connectivity index (χ3n) is 7.42. The lowest BCUT2D eigenvalue weighted by molar-refractivity contribution is -0.139. The van der Waals surface area contributed by atoms with Gasteiger partial charge in [0.25, 0.3) is 0 Å². The van der Waals surface area contributed by atoms with Gasteiger partial charge in [0.05, 0.1) is 37.2 Å². The van der Waals surface area contributed by atoms with Crippen LogP contribution >= 0.6 is 8.73 Å². The van der Waals surface area contributed by atoms with Gasteiger partial charge < -0.3 is 30.0 Å². The molecule has 212 valence electrons. The van der Waals surface area contributed by atoms with E-state index in [9.17, 15) is 19.2 Å². The predicted octanol–water partition coefficient (Wildman–Crippen LogP) is 2.61. The lowest BCUT2D eigenvalue weighted by Crippen LogP contribution is -2.45. The number of piperidine rings is 1. The Morgan fingerprint density at radius 1 is 1.13 bits per heavy atom. The number of ether oxygens (including phenoxy) is 2. The van der Waals surface area contributed by atoms with Crippen molar-refractivity contribution in [1.82, 2.24) is 30.6 Å². The smallest absolute Gasteiger partial charge is 0.406 e. The number of fused-ring (bicyclic) bond motifs is 3. The number of aromatic nitrogens is 2. The highest BCUT2D eigenvalue weighted by Gasteiger charge is 2.50. The summed E-state index contributed by atoms with van der Waals surface area (Å²) in [5.74, 6) is 0.824. The van der Waals surface area contributed by atoms with Gasteiger partial charge >= 0.3 is 12.2 Å². The zero-order valence-electron chi connectivity index (χ0n) is 22.5. The van der Waals surface area contributed by atoms with Gasteiger partial charge in [0.2, 0.25) is 5.91 Å². The average Bonchev–Trinajstić information content (AvgIpc) is 3.67. The average molecular weight is 561 g/mol. The van der Waals surface area contributed by atoms with E-state index in [1.54, 1.807) is 0 Å². The van der Waals surface area contributed by atoms with Crippen molar-refractivity contribution in [3.05, 3.63) is 29.6 Å². The standard InChI is InChI=1S/C26H37N6O6P/c1-15(14-28-26(36)38-3)24(34)32-18-6-5-17(13-18)22(32)23-30-19-7-4-16(12-20(19)31-23)8-11-29-39-21(33)9-10-27-25(35)37-2/h4,7,12,15,17-18,22,29,39H,5-6,8-11,13-14H2,1-3H3,(H,27,35)(H,28,36)(H,30,31). The Morgan fingerprint density at radius 2 is 1.90 bits per heavy atom. The fourth-order valence-corrected chi connectivity index (χ4v) is 6.16. The van der Waals surface area contributed by atoms with Crippen LogP contribution in [0.1, 0.15) is 50.0 Å². The maximum Gasteiger partial charge on any atom is 0.406 e. The quantitative estimate of drug-likeness (QED) is 0.228. The van der Waals surface area contributed by atoms with Gasteiger partial charge in [-0.15, -0.1) is 0 Å². The Bertz CT molecular complexity index is 1200. The third-order valence-corrected chi connectivity index (χ3v) is 8.37. The number of hydrogen-bond acceptors (Lipinski definition) is 8. The Morgan fingerprint density at radius 3 is 2.67 bits per heavy atom. The molecule has 2 bridgehead atoms. The molecule has 2 aromatic rings. The number of carbonyl (C=O) groups excluding carboxylic acids is 4. The van der Waals surface area contributed by atoms with Crippen molar-refractivity contribution in [3.63, 3.8) is 0 Å². The number of nitrogens with zero attached hydrogens (tertiary/aromatic N) is 2. The second-order valence-corrected chi connectivity index (χ2v) is 11.2. The Balaban J connectivity index is 1.34. The first-order valence-corrected chi connectivity index (χ1v) is 14.3. The van der Waals surface area contributed by atoms with Crippen LogP contribution in [0.2, 0.25) is 0 Å². The molecule has 1 aromatic heterocycles. The molecule has 1 aliphatic heterocycles. The first-order valence-electron chi connectivity index (χ1n) is 13.3. The minimum Gasteiger partial charge on any atom is -0.453 e. The van der Waals surface area contributed by atoms with Crippen LogP contribution in [0.15, 0.2) is 18.2 Å². The number of aromatic amines is 1. The van der Waals surface area contributed by atoms with Crippen LogP contribution in [0.5, 0.6) is 0 Å². The van der Waals surface area contributed by atoms with E-state index >= 15 is 0 Å². The lowest BCUT2D eigenvalue weighted by atomic mass is 9.96. The van der Waals surface area contributed by atoms with Gasteiger partial charge in [-0.05, 0) is 49.3 Å². The first kappa shape index (κ1) is 28.8. The predicted molar refractivity (Wildman–Crippen MR) is 146 cm³/mol. The molecule has 1 saturated carbocycles. The maximum atomic E-state index is 13.4. The van der Waals surface area contributed by atoms with E-state index in [4.69, 9.17) is 4.98 Å². The number of H-pyrrole nitrogens is 1. The number of hydrogen-bond donors (Lipinski definition) is 4. The van der Waals surface area contributed by atoms with E-state index < -0.39 is 12.2 Å². The van der Waals surface area contributed by atoms with Crippen molar-refractivity contribution in [2.24, 2.45) is 11.8 Å². The van der Waals surface area contributed by atoms with Gasteiger partial charge in [0, 0.05) is 40.8 Å². The topological polar surface area (TPSA) is 155 Å². The molecule has 1 aliphatic carbocycles. The molecular weight excluding hydrogens is 523 g/mol. The number of rotatable bonds is 12. The van der Waals surface area contributed by atoms with Crippen LogP contribution in [-0.2, 0) is 25.5 Å². The second-order valence-electron chi connectivity index (χ2n) is 10.1.